The van der Waals surface area contributed by atoms with Crippen LogP contribution in [-0.4, -0.2) is 24.0 Å². The smallest absolute Gasteiger partial charge is 0.251 e. The van der Waals surface area contributed by atoms with E-state index >= 15 is 0 Å². The van der Waals surface area contributed by atoms with E-state index in [9.17, 15) is 4.79 Å². The van der Waals surface area contributed by atoms with Gasteiger partial charge in [0.25, 0.3) is 5.91 Å². The van der Waals surface area contributed by atoms with E-state index in [1.165, 1.54) is 11.1 Å². The van der Waals surface area contributed by atoms with E-state index < -0.39 is 0 Å². The highest BCUT2D eigenvalue weighted by Crippen LogP contribution is 2.18. The van der Waals surface area contributed by atoms with Crippen molar-refractivity contribution in [1.82, 2.24) is 15.6 Å². The van der Waals surface area contributed by atoms with Gasteiger partial charge in [0.15, 0.2) is 0 Å². The number of carbonyl (C=O) groups excluding carboxylic acids is 1. The fourth-order valence-corrected chi connectivity index (χ4v) is 3.10. The van der Waals surface area contributed by atoms with Gasteiger partial charge in [0.2, 0.25) is 0 Å². The molecule has 1 aromatic heterocycles. The van der Waals surface area contributed by atoms with Crippen molar-refractivity contribution in [2.45, 2.75) is 19.4 Å². The van der Waals surface area contributed by atoms with Crippen molar-refractivity contribution in [2.24, 2.45) is 0 Å². The first-order valence-corrected chi connectivity index (χ1v) is 7.75. The Morgan fingerprint density at radius 3 is 3.25 bits per heavy atom. The zero-order chi connectivity index (χ0) is 13.8. The van der Waals surface area contributed by atoms with Crippen molar-refractivity contribution in [2.75, 3.05) is 13.1 Å². The SMILES string of the molecule is O=C(NCCc1cscn1)c1cccc2c1CCNC2. The summed E-state index contributed by atoms with van der Waals surface area (Å²) in [5.41, 5.74) is 6.11. The van der Waals surface area contributed by atoms with Crippen LogP contribution in [0.1, 0.15) is 27.2 Å². The molecular weight excluding hydrogens is 270 g/mol. The molecule has 4 nitrogen and oxygen atoms in total. The molecule has 0 unspecified atom stereocenters. The van der Waals surface area contributed by atoms with Crippen molar-refractivity contribution < 1.29 is 4.79 Å². The van der Waals surface area contributed by atoms with Crippen LogP contribution in [0.2, 0.25) is 0 Å². The van der Waals surface area contributed by atoms with Gasteiger partial charge in [-0.05, 0) is 30.2 Å². The molecule has 0 saturated heterocycles. The molecule has 0 saturated carbocycles. The Kier molecular flexibility index (Phi) is 4.08. The maximum absolute atomic E-state index is 12.3. The summed E-state index contributed by atoms with van der Waals surface area (Å²) < 4.78 is 0. The van der Waals surface area contributed by atoms with Gasteiger partial charge < -0.3 is 10.6 Å². The number of rotatable bonds is 4. The van der Waals surface area contributed by atoms with Crippen molar-refractivity contribution in [3.8, 4) is 0 Å². The van der Waals surface area contributed by atoms with Crippen LogP contribution in [0, 0.1) is 0 Å². The minimum atomic E-state index is 0.0268. The van der Waals surface area contributed by atoms with Crippen LogP contribution < -0.4 is 10.6 Å². The van der Waals surface area contributed by atoms with Crippen LogP contribution in [0.15, 0.2) is 29.1 Å². The maximum Gasteiger partial charge on any atom is 0.251 e. The molecule has 104 valence electrons. The van der Waals surface area contributed by atoms with E-state index in [0.717, 1.165) is 37.2 Å². The topological polar surface area (TPSA) is 54.0 Å². The van der Waals surface area contributed by atoms with Gasteiger partial charge in [0, 0.05) is 30.5 Å². The van der Waals surface area contributed by atoms with Crippen LogP contribution in [0.3, 0.4) is 0 Å². The predicted molar refractivity (Wildman–Crippen MR) is 80.0 cm³/mol. The molecule has 2 N–H and O–H groups in total. The highest BCUT2D eigenvalue weighted by atomic mass is 32.1. The Bertz CT molecular complexity index is 595. The lowest BCUT2D eigenvalue weighted by molar-refractivity contribution is 0.0953. The number of aromatic nitrogens is 1. The van der Waals surface area contributed by atoms with Crippen LogP contribution in [-0.2, 0) is 19.4 Å². The minimum Gasteiger partial charge on any atom is -0.352 e. The normalized spacial score (nSPS) is 13.8. The maximum atomic E-state index is 12.3. The van der Waals surface area contributed by atoms with E-state index in [2.05, 4.69) is 21.7 Å². The monoisotopic (exact) mass is 287 g/mol. The van der Waals surface area contributed by atoms with Crippen LogP contribution in [0.5, 0.6) is 0 Å². The van der Waals surface area contributed by atoms with Gasteiger partial charge in [-0.15, -0.1) is 11.3 Å². The number of fused-ring (bicyclic) bond motifs is 1. The third-order valence-corrected chi connectivity index (χ3v) is 4.17. The molecular formula is C15H17N3OS. The molecule has 1 aliphatic heterocycles. The van der Waals surface area contributed by atoms with Gasteiger partial charge in [-0.1, -0.05) is 12.1 Å². The summed E-state index contributed by atoms with van der Waals surface area (Å²) in [4.78, 5) is 16.5. The highest BCUT2D eigenvalue weighted by Gasteiger charge is 2.16. The fourth-order valence-electron chi connectivity index (χ4n) is 2.51. The van der Waals surface area contributed by atoms with Gasteiger partial charge in [-0.3, -0.25) is 4.79 Å². The van der Waals surface area contributed by atoms with Crippen molar-refractivity contribution in [1.29, 1.82) is 0 Å². The Labute approximate surface area is 122 Å². The quantitative estimate of drug-likeness (QED) is 0.901. The number of benzene rings is 1. The number of hydrogen-bond acceptors (Lipinski definition) is 4. The summed E-state index contributed by atoms with van der Waals surface area (Å²) in [6.07, 6.45) is 1.71. The average molecular weight is 287 g/mol. The van der Waals surface area contributed by atoms with E-state index in [0.29, 0.717) is 6.54 Å². The van der Waals surface area contributed by atoms with Crippen molar-refractivity contribution >= 4 is 17.2 Å². The zero-order valence-corrected chi connectivity index (χ0v) is 12.0. The molecule has 5 heteroatoms. The first-order valence-electron chi connectivity index (χ1n) is 6.81. The van der Waals surface area contributed by atoms with Crippen LogP contribution in [0.4, 0.5) is 0 Å². The molecule has 0 fully saturated rings. The Morgan fingerprint density at radius 2 is 2.40 bits per heavy atom. The van der Waals surface area contributed by atoms with E-state index in [4.69, 9.17) is 0 Å². The Hall–Kier alpha value is -1.72. The summed E-state index contributed by atoms with van der Waals surface area (Å²) in [6, 6.07) is 5.97. The molecule has 0 atom stereocenters. The first-order chi connectivity index (χ1) is 9.84. The molecule has 1 aromatic carbocycles. The summed E-state index contributed by atoms with van der Waals surface area (Å²) in [5, 5.41) is 8.34. The first kappa shape index (κ1) is 13.3. The van der Waals surface area contributed by atoms with Gasteiger partial charge in [-0.2, -0.15) is 0 Å². The largest absolute Gasteiger partial charge is 0.352 e. The molecule has 0 radical (unpaired) electrons. The average Bonchev–Trinajstić information content (AvgIpc) is 3.00. The molecule has 0 bridgehead atoms. The lowest BCUT2D eigenvalue weighted by Gasteiger charge is -2.19. The lowest BCUT2D eigenvalue weighted by atomic mass is 9.95. The third-order valence-electron chi connectivity index (χ3n) is 3.54. The second kappa shape index (κ2) is 6.15. The highest BCUT2D eigenvalue weighted by molar-refractivity contribution is 7.07. The zero-order valence-electron chi connectivity index (χ0n) is 11.2. The summed E-state index contributed by atoms with van der Waals surface area (Å²) in [5.74, 6) is 0.0268. The van der Waals surface area contributed by atoms with E-state index in [-0.39, 0.29) is 5.91 Å². The number of carbonyl (C=O) groups is 1. The number of thiazole rings is 1. The Balaban J connectivity index is 1.65. The number of hydrogen-bond donors (Lipinski definition) is 2. The molecule has 1 amide bonds. The van der Waals surface area contributed by atoms with Crippen LogP contribution in [0.25, 0.3) is 0 Å². The molecule has 20 heavy (non-hydrogen) atoms. The number of amides is 1. The number of nitrogens with zero attached hydrogens (tertiary/aromatic N) is 1. The third kappa shape index (κ3) is 2.89. The van der Waals surface area contributed by atoms with Crippen molar-refractivity contribution in [3.63, 3.8) is 0 Å². The molecule has 2 aromatic rings. The lowest BCUT2D eigenvalue weighted by Crippen LogP contribution is -2.30. The van der Waals surface area contributed by atoms with E-state index in [1.807, 2.05) is 23.0 Å². The second-order valence-corrected chi connectivity index (χ2v) is 5.57. The molecule has 1 aliphatic rings. The van der Waals surface area contributed by atoms with Gasteiger partial charge in [0.1, 0.15) is 0 Å². The second-order valence-electron chi connectivity index (χ2n) is 4.86. The summed E-state index contributed by atoms with van der Waals surface area (Å²) in [7, 11) is 0. The van der Waals surface area contributed by atoms with Gasteiger partial charge in [0.05, 0.1) is 11.2 Å². The number of nitrogens with one attached hydrogen (secondary N) is 2. The molecule has 0 spiro atoms. The van der Waals surface area contributed by atoms with Gasteiger partial charge >= 0.3 is 0 Å². The standard InChI is InChI=1S/C15H17N3OS/c19-15(17-7-4-12-9-20-10-18-12)14-3-1-2-11-8-16-6-5-13(11)14/h1-3,9-10,16H,4-8H2,(H,17,19). The summed E-state index contributed by atoms with van der Waals surface area (Å²) in [6.45, 7) is 2.43. The fraction of sp³-hybridized carbons (Fsp3) is 0.333. The van der Waals surface area contributed by atoms with E-state index in [1.54, 1.807) is 11.3 Å². The molecule has 3 rings (SSSR count). The predicted octanol–water partition coefficient (Wildman–Crippen LogP) is 1.76. The van der Waals surface area contributed by atoms with Crippen LogP contribution >= 0.6 is 11.3 Å². The van der Waals surface area contributed by atoms with Crippen molar-refractivity contribution in [3.05, 3.63) is 51.5 Å². The molecule has 0 aliphatic carbocycles. The molecule has 2 heterocycles. The Morgan fingerprint density at radius 1 is 1.45 bits per heavy atom. The summed E-state index contributed by atoms with van der Waals surface area (Å²) >= 11 is 1.58. The van der Waals surface area contributed by atoms with Gasteiger partial charge in [-0.25, -0.2) is 4.98 Å². The minimum absolute atomic E-state index is 0.0268.